The molecule has 2 N–H and O–H groups in total. The van der Waals surface area contributed by atoms with Gasteiger partial charge in [-0.3, -0.25) is 4.79 Å². The van der Waals surface area contributed by atoms with Gasteiger partial charge < -0.3 is 10.6 Å². The van der Waals surface area contributed by atoms with Gasteiger partial charge in [0.15, 0.2) is 0 Å². The van der Waals surface area contributed by atoms with Crippen LogP contribution in [0.25, 0.3) is 0 Å². The summed E-state index contributed by atoms with van der Waals surface area (Å²) in [7, 11) is 0. The van der Waals surface area contributed by atoms with E-state index in [0.717, 1.165) is 35.8 Å². The van der Waals surface area contributed by atoms with Crippen molar-refractivity contribution in [1.82, 2.24) is 4.90 Å². The third-order valence-electron chi connectivity index (χ3n) is 3.73. The van der Waals surface area contributed by atoms with E-state index in [1.54, 1.807) is 11.8 Å². The lowest BCUT2D eigenvalue weighted by Crippen LogP contribution is -2.45. The van der Waals surface area contributed by atoms with Crippen LogP contribution in [-0.2, 0) is 4.79 Å². The zero-order valence-corrected chi connectivity index (χ0v) is 14.5. The first-order valence-electron chi connectivity index (χ1n) is 6.98. The summed E-state index contributed by atoms with van der Waals surface area (Å²) in [5, 5.41) is 0.719. The van der Waals surface area contributed by atoms with Crippen molar-refractivity contribution in [3.8, 4) is 0 Å². The quantitative estimate of drug-likeness (QED) is 0.847. The van der Waals surface area contributed by atoms with Gasteiger partial charge in [0, 0.05) is 29.0 Å². The average Bonchev–Trinajstić information content (AvgIpc) is 2.46. The minimum absolute atomic E-state index is 0. The molecule has 21 heavy (non-hydrogen) atoms. The molecule has 1 aromatic rings. The molecule has 6 heteroatoms. The van der Waals surface area contributed by atoms with Gasteiger partial charge in [-0.25, -0.2) is 0 Å². The van der Waals surface area contributed by atoms with E-state index in [-0.39, 0.29) is 24.4 Å². The number of benzene rings is 1. The number of carbonyl (C=O) groups is 1. The van der Waals surface area contributed by atoms with Gasteiger partial charge in [0.25, 0.3) is 0 Å². The SMILES string of the molecule is CC(N)C1CCCN(C(=O)CSc2ccc(Cl)cc2)C1.Cl. The summed E-state index contributed by atoms with van der Waals surface area (Å²) in [6, 6.07) is 7.75. The summed E-state index contributed by atoms with van der Waals surface area (Å²) in [4.78, 5) is 15.3. The largest absolute Gasteiger partial charge is 0.342 e. The predicted octanol–water partition coefficient (Wildman–Crippen LogP) is 3.44. The van der Waals surface area contributed by atoms with Crippen LogP contribution in [0.5, 0.6) is 0 Å². The number of rotatable bonds is 4. The van der Waals surface area contributed by atoms with Crippen molar-refractivity contribution in [3.63, 3.8) is 0 Å². The van der Waals surface area contributed by atoms with Crippen molar-refractivity contribution in [2.75, 3.05) is 18.8 Å². The van der Waals surface area contributed by atoms with Gasteiger partial charge in [-0.05, 0) is 49.9 Å². The molecule has 0 aliphatic carbocycles. The highest BCUT2D eigenvalue weighted by Crippen LogP contribution is 2.23. The highest BCUT2D eigenvalue weighted by molar-refractivity contribution is 8.00. The minimum atomic E-state index is 0. The fraction of sp³-hybridized carbons (Fsp3) is 0.533. The van der Waals surface area contributed by atoms with E-state index in [2.05, 4.69) is 0 Å². The Morgan fingerprint density at radius 2 is 2.14 bits per heavy atom. The van der Waals surface area contributed by atoms with Crippen LogP contribution in [0, 0.1) is 5.92 Å². The van der Waals surface area contributed by atoms with Crippen LogP contribution in [0.1, 0.15) is 19.8 Å². The van der Waals surface area contributed by atoms with Crippen molar-refractivity contribution < 1.29 is 4.79 Å². The molecule has 1 saturated heterocycles. The van der Waals surface area contributed by atoms with Crippen LogP contribution in [0.3, 0.4) is 0 Å². The van der Waals surface area contributed by atoms with Gasteiger partial charge in [-0.1, -0.05) is 11.6 Å². The maximum absolute atomic E-state index is 12.2. The Hall–Kier alpha value is -0.420. The Morgan fingerprint density at radius 3 is 2.76 bits per heavy atom. The normalized spacial score (nSPS) is 19.8. The van der Waals surface area contributed by atoms with Gasteiger partial charge >= 0.3 is 0 Å². The van der Waals surface area contributed by atoms with Crippen molar-refractivity contribution in [3.05, 3.63) is 29.3 Å². The van der Waals surface area contributed by atoms with Crippen LogP contribution in [0.15, 0.2) is 29.2 Å². The number of amides is 1. The van der Waals surface area contributed by atoms with E-state index in [4.69, 9.17) is 17.3 Å². The maximum atomic E-state index is 12.2. The lowest BCUT2D eigenvalue weighted by molar-refractivity contribution is -0.130. The number of nitrogens with zero attached hydrogens (tertiary/aromatic N) is 1. The van der Waals surface area contributed by atoms with E-state index in [0.29, 0.717) is 11.7 Å². The number of thioether (sulfide) groups is 1. The lowest BCUT2D eigenvalue weighted by atomic mass is 9.92. The Balaban J connectivity index is 0.00000220. The molecule has 1 aromatic carbocycles. The van der Waals surface area contributed by atoms with Crippen molar-refractivity contribution in [2.45, 2.75) is 30.7 Å². The minimum Gasteiger partial charge on any atom is -0.342 e. The third-order valence-corrected chi connectivity index (χ3v) is 4.98. The lowest BCUT2D eigenvalue weighted by Gasteiger charge is -2.34. The Labute approximate surface area is 142 Å². The fourth-order valence-corrected chi connectivity index (χ4v) is 3.36. The smallest absolute Gasteiger partial charge is 0.232 e. The molecule has 1 heterocycles. The number of likely N-dealkylation sites (tertiary alicyclic amines) is 1. The summed E-state index contributed by atoms with van der Waals surface area (Å²) in [6.45, 7) is 3.70. The first-order valence-corrected chi connectivity index (χ1v) is 8.34. The molecule has 1 amide bonds. The van der Waals surface area contributed by atoms with Crippen molar-refractivity contribution in [1.29, 1.82) is 0 Å². The van der Waals surface area contributed by atoms with E-state index in [1.807, 2.05) is 36.1 Å². The maximum Gasteiger partial charge on any atom is 0.232 e. The number of hydrogen-bond acceptors (Lipinski definition) is 3. The van der Waals surface area contributed by atoms with Gasteiger partial charge in [-0.15, -0.1) is 24.2 Å². The van der Waals surface area contributed by atoms with Crippen LogP contribution in [0.2, 0.25) is 5.02 Å². The number of nitrogens with two attached hydrogens (primary N) is 1. The predicted molar refractivity (Wildman–Crippen MR) is 92.4 cm³/mol. The highest BCUT2D eigenvalue weighted by atomic mass is 35.5. The average molecular weight is 349 g/mol. The summed E-state index contributed by atoms with van der Waals surface area (Å²) in [6.07, 6.45) is 2.19. The van der Waals surface area contributed by atoms with E-state index < -0.39 is 0 Å². The second kappa shape index (κ2) is 8.89. The van der Waals surface area contributed by atoms with Crippen LogP contribution in [0.4, 0.5) is 0 Å². The summed E-state index contributed by atoms with van der Waals surface area (Å²) in [5.74, 6) is 1.12. The second-order valence-corrected chi connectivity index (χ2v) is 6.83. The van der Waals surface area contributed by atoms with Crippen molar-refractivity contribution in [2.24, 2.45) is 11.7 Å². The Bertz CT molecular complexity index is 453. The molecule has 1 fully saturated rings. The van der Waals surface area contributed by atoms with Crippen LogP contribution >= 0.6 is 35.8 Å². The van der Waals surface area contributed by atoms with Crippen LogP contribution in [-0.4, -0.2) is 35.7 Å². The molecule has 2 rings (SSSR count). The molecule has 2 atom stereocenters. The molecule has 0 aromatic heterocycles. The van der Waals surface area contributed by atoms with Gasteiger partial charge in [0.2, 0.25) is 5.91 Å². The molecule has 0 spiro atoms. The van der Waals surface area contributed by atoms with Crippen molar-refractivity contribution >= 4 is 41.7 Å². The number of carbonyl (C=O) groups excluding carboxylic acids is 1. The van der Waals surface area contributed by atoms with Crippen LogP contribution < -0.4 is 5.73 Å². The van der Waals surface area contributed by atoms with Gasteiger partial charge in [-0.2, -0.15) is 0 Å². The molecule has 118 valence electrons. The van der Waals surface area contributed by atoms with Gasteiger partial charge in [0.05, 0.1) is 5.75 Å². The van der Waals surface area contributed by atoms with E-state index in [1.165, 1.54) is 0 Å². The summed E-state index contributed by atoms with van der Waals surface area (Å²) < 4.78 is 0. The molecule has 0 radical (unpaired) electrons. The first-order chi connectivity index (χ1) is 9.56. The molecule has 0 saturated carbocycles. The molecular formula is C15H22Cl2N2OS. The molecule has 0 bridgehead atoms. The first kappa shape index (κ1) is 18.6. The Kier molecular flexibility index (Phi) is 7.88. The van der Waals surface area contributed by atoms with Gasteiger partial charge in [0.1, 0.15) is 0 Å². The molecular weight excluding hydrogens is 327 g/mol. The third kappa shape index (κ3) is 5.70. The number of halogens is 2. The molecule has 1 aliphatic heterocycles. The Morgan fingerprint density at radius 1 is 1.48 bits per heavy atom. The zero-order chi connectivity index (χ0) is 14.5. The standard InChI is InChI=1S/C15H21ClN2OS.ClH/c1-11(17)12-3-2-8-18(9-12)15(19)10-20-14-6-4-13(16)5-7-14;/h4-7,11-12H,2-3,8-10,17H2,1H3;1H. The van der Waals surface area contributed by atoms with E-state index >= 15 is 0 Å². The molecule has 3 nitrogen and oxygen atoms in total. The zero-order valence-electron chi connectivity index (χ0n) is 12.1. The fourth-order valence-electron chi connectivity index (χ4n) is 2.43. The highest BCUT2D eigenvalue weighted by Gasteiger charge is 2.25. The second-order valence-electron chi connectivity index (χ2n) is 5.34. The van der Waals surface area contributed by atoms with E-state index in [9.17, 15) is 4.79 Å². The topological polar surface area (TPSA) is 46.3 Å². The molecule has 2 unspecified atom stereocenters. The summed E-state index contributed by atoms with van der Waals surface area (Å²) in [5.41, 5.74) is 5.95. The molecule has 1 aliphatic rings. The number of hydrogen-bond donors (Lipinski definition) is 1. The number of piperidine rings is 1. The monoisotopic (exact) mass is 348 g/mol. The summed E-state index contributed by atoms with van der Waals surface area (Å²) >= 11 is 7.40.